The summed E-state index contributed by atoms with van der Waals surface area (Å²) in [5.41, 5.74) is 4.14. The maximum atomic E-state index is 10.6. The molecule has 31 heavy (non-hydrogen) atoms. The second kappa shape index (κ2) is 11.7. The van der Waals surface area contributed by atoms with Crippen molar-refractivity contribution in [2.75, 3.05) is 14.2 Å². The third kappa shape index (κ3) is 6.31. The summed E-state index contributed by atoms with van der Waals surface area (Å²) in [6.45, 7) is 0.634. The fourth-order valence-corrected chi connectivity index (χ4v) is 3.72. The third-order valence-corrected chi connectivity index (χ3v) is 5.30. The van der Waals surface area contributed by atoms with Crippen LogP contribution in [0, 0.1) is 0 Å². The van der Waals surface area contributed by atoms with E-state index in [1.165, 1.54) is 16.0 Å². The summed E-state index contributed by atoms with van der Waals surface area (Å²) < 4.78 is 10.2. The normalized spacial score (nSPS) is 10.1. The molecule has 0 aliphatic carbocycles. The van der Waals surface area contributed by atoms with E-state index in [-0.39, 0.29) is 0 Å². The molecule has 0 bridgehead atoms. The zero-order valence-electron chi connectivity index (χ0n) is 17.6. The van der Waals surface area contributed by atoms with Crippen molar-refractivity contribution in [2.24, 2.45) is 0 Å². The molecule has 0 saturated heterocycles. The summed E-state index contributed by atoms with van der Waals surface area (Å²) in [5.74, 6) is 0.708. The highest BCUT2D eigenvalue weighted by molar-refractivity contribution is 7.97. The van der Waals surface area contributed by atoms with Gasteiger partial charge in [0.05, 0.1) is 13.7 Å². The van der Waals surface area contributed by atoms with Gasteiger partial charge in [-0.3, -0.25) is 14.2 Å². The number of rotatable bonds is 7. The van der Waals surface area contributed by atoms with Gasteiger partial charge in [0.1, 0.15) is 12.0 Å². The van der Waals surface area contributed by atoms with Crippen LogP contribution in [0.15, 0.2) is 96.2 Å². The Bertz CT molecular complexity index is 1080. The molecule has 0 radical (unpaired) electrons. The van der Waals surface area contributed by atoms with E-state index in [0.717, 1.165) is 11.8 Å². The summed E-state index contributed by atoms with van der Waals surface area (Å²) in [4.78, 5) is 11.9. The average molecular weight is 432 g/mol. The van der Waals surface area contributed by atoms with Gasteiger partial charge in [0.15, 0.2) is 0 Å². The minimum Gasteiger partial charge on any atom is -0.496 e. The molecular weight excluding hydrogens is 406 g/mol. The lowest BCUT2D eigenvalue weighted by Crippen LogP contribution is -2.02. The van der Waals surface area contributed by atoms with Crippen molar-refractivity contribution in [1.82, 2.24) is 14.5 Å². The van der Waals surface area contributed by atoms with E-state index in [0.29, 0.717) is 17.9 Å². The SMILES string of the molecule is CNSc1ccccc1-c1ccccc1.COc1cc(C=O)ccc1Cn1cccn1. The molecule has 3 aromatic carbocycles. The Morgan fingerprint density at radius 2 is 1.81 bits per heavy atom. The van der Waals surface area contributed by atoms with Crippen LogP contribution < -0.4 is 9.46 Å². The number of nitrogens with one attached hydrogen (secondary N) is 1. The molecule has 0 aliphatic rings. The topological polar surface area (TPSA) is 56.1 Å². The molecule has 1 heterocycles. The molecule has 0 spiro atoms. The van der Waals surface area contributed by atoms with Crippen molar-refractivity contribution >= 4 is 18.2 Å². The molecule has 0 atom stereocenters. The minimum absolute atomic E-state index is 0.612. The lowest BCUT2D eigenvalue weighted by Gasteiger charge is -2.08. The van der Waals surface area contributed by atoms with Crippen molar-refractivity contribution < 1.29 is 9.53 Å². The number of hydrogen-bond acceptors (Lipinski definition) is 5. The Hall–Kier alpha value is -3.35. The zero-order chi connectivity index (χ0) is 21.9. The number of hydrogen-bond donors (Lipinski definition) is 1. The van der Waals surface area contributed by atoms with E-state index < -0.39 is 0 Å². The van der Waals surface area contributed by atoms with Gasteiger partial charge >= 0.3 is 0 Å². The van der Waals surface area contributed by atoms with Gasteiger partial charge in [-0.2, -0.15) is 5.10 Å². The Balaban J connectivity index is 0.000000176. The molecule has 1 aromatic heterocycles. The molecule has 1 N–H and O–H groups in total. The fourth-order valence-electron chi connectivity index (χ4n) is 3.06. The summed E-state index contributed by atoms with van der Waals surface area (Å²) in [5, 5.41) is 4.12. The predicted octanol–water partition coefficient (Wildman–Crippen LogP) is 5.33. The lowest BCUT2D eigenvalue weighted by molar-refractivity contribution is 0.112. The van der Waals surface area contributed by atoms with Crippen LogP contribution in [0.3, 0.4) is 0 Å². The molecule has 4 rings (SSSR count). The van der Waals surface area contributed by atoms with Crippen LogP contribution in [-0.2, 0) is 6.54 Å². The number of aldehydes is 1. The van der Waals surface area contributed by atoms with Crippen molar-refractivity contribution in [1.29, 1.82) is 0 Å². The van der Waals surface area contributed by atoms with E-state index in [2.05, 4.69) is 58.4 Å². The number of carbonyl (C=O) groups excluding carboxylic acids is 1. The van der Waals surface area contributed by atoms with Crippen molar-refractivity contribution in [2.45, 2.75) is 11.4 Å². The van der Waals surface area contributed by atoms with E-state index in [1.54, 1.807) is 42.1 Å². The van der Waals surface area contributed by atoms with Crippen molar-refractivity contribution in [3.63, 3.8) is 0 Å². The molecule has 4 aromatic rings. The summed E-state index contributed by atoms with van der Waals surface area (Å²) in [6, 6.07) is 26.1. The fraction of sp³-hybridized carbons (Fsp3) is 0.120. The first-order chi connectivity index (χ1) is 15.2. The van der Waals surface area contributed by atoms with Gasteiger partial charge in [-0.25, -0.2) is 0 Å². The van der Waals surface area contributed by atoms with Crippen LogP contribution in [0.4, 0.5) is 0 Å². The van der Waals surface area contributed by atoms with Gasteiger partial charge < -0.3 is 4.74 Å². The van der Waals surface area contributed by atoms with Gasteiger partial charge in [0, 0.05) is 28.4 Å². The number of carbonyl (C=O) groups is 1. The van der Waals surface area contributed by atoms with Gasteiger partial charge in [-0.1, -0.05) is 60.7 Å². The first kappa shape index (κ1) is 22.3. The van der Waals surface area contributed by atoms with Crippen LogP contribution in [0.5, 0.6) is 5.75 Å². The van der Waals surface area contributed by atoms with Gasteiger partial charge in [-0.05, 0) is 48.3 Å². The van der Waals surface area contributed by atoms with Crippen LogP contribution >= 0.6 is 11.9 Å². The maximum Gasteiger partial charge on any atom is 0.150 e. The highest BCUT2D eigenvalue weighted by Crippen LogP contribution is 2.29. The number of nitrogens with zero attached hydrogens (tertiary/aromatic N) is 2. The monoisotopic (exact) mass is 431 g/mol. The number of methoxy groups -OCH3 is 1. The third-order valence-electron chi connectivity index (χ3n) is 4.52. The quantitative estimate of drug-likeness (QED) is 0.316. The smallest absolute Gasteiger partial charge is 0.150 e. The first-order valence-electron chi connectivity index (χ1n) is 9.82. The Kier molecular flexibility index (Phi) is 8.46. The molecule has 0 amide bonds. The molecule has 0 unspecified atom stereocenters. The largest absolute Gasteiger partial charge is 0.496 e. The average Bonchev–Trinajstić information content (AvgIpc) is 3.34. The molecule has 5 nitrogen and oxygen atoms in total. The van der Waals surface area contributed by atoms with E-state index >= 15 is 0 Å². The van der Waals surface area contributed by atoms with Crippen LogP contribution in [-0.4, -0.2) is 30.2 Å². The Morgan fingerprint density at radius 1 is 1.03 bits per heavy atom. The first-order valence-corrected chi connectivity index (χ1v) is 10.6. The summed E-state index contributed by atoms with van der Waals surface area (Å²) in [6.07, 6.45) is 4.42. The highest BCUT2D eigenvalue weighted by Gasteiger charge is 2.05. The minimum atomic E-state index is 0.612. The molecule has 158 valence electrons. The second-order valence-electron chi connectivity index (χ2n) is 6.56. The molecule has 0 fully saturated rings. The molecular formula is C25H25N3O2S. The van der Waals surface area contributed by atoms with Crippen LogP contribution in [0.25, 0.3) is 11.1 Å². The van der Waals surface area contributed by atoms with Crippen LogP contribution in [0.1, 0.15) is 15.9 Å². The molecule has 6 heteroatoms. The molecule has 0 aliphatic heterocycles. The predicted molar refractivity (Wildman–Crippen MR) is 127 cm³/mol. The Morgan fingerprint density at radius 3 is 2.48 bits per heavy atom. The summed E-state index contributed by atoms with van der Waals surface area (Å²) in [7, 11) is 3.53. The Labute approximate surface area is 187 Å². The van der Waals surface area contributed by atoms with Crippen molar-refractivity contribution in [3.8, 4) is 16.9 Å². The highest BCUT2D eigenvalue weighted by atomic mass is 32.2. The maximum absolute atomic E-state index is 10.6. The zero-order valence-corrected chi connectivity index (χ0v) is 18.4. The van der Waals surface area contributed by atoms with E-state index in [9.17, 15) is 4.79 Å². The number of aromatic nitrogens is 2. The van der Waals surface area contributed by atoms with Crippen LogP contribution in [0.2, 0.25) is 0 Å². The molecule has 0 saturated carbocycles. The van der Waals surface area contributed by atoms with Gasteiger partial charge in [-0.15, -0.1) is 0 Å². The standard InChI is InChI=1S/C13H13NS.C12H12N2O2/c1-14-15-13-10-6-5-9-12(13)11-7-3-2-4-8-11;1-16-12-7-10(9-15)3-4-11(12)8-14-6-2-5-13-14/h2-10,14H,1H3;2-7,9H,8H2,1H3. The van der Waals surface area contributed by atoms with E-state index in [1.807, 2.05) is 31.4 Å². The van der Waals surface area contributed by atoms with Crippen molar-refractivity contribution in [3.05, 3.63) is 102 Å². The second-order valence-corrected chi connectivity index (χ2v) is 7.61. The summed E-state index contributed by atoms with van der Waals surface area (Å²) >= 11 is 1.65. The van der Waals surface area contributed by atoms with E-state index in [4.69, 9.17) is 4.74 Å². The van der Waals surface area contributed by atoms with Gasteiger partial charge in [0.2, 0.25) is 0 Å². The lowest BCUT2D eigenvalue weighted by atomic mass is 10.1. The van der Waals surface area contributed by atoms with Gasteiger partial charge in [0.25, 0.3) is 0 Å². The number of ether oxygens (including phenoxy) is 1. The number of benzene rings is 3.